The molecule has 4 aromatic rings. The number of hydrogen-bond acceptors (Lipinski definition) is 3. The summed E-state index contributed by atoms with van der Waals surface area (Å²) in [6.45, 7) is 7.90. The van der Waals surface area contributed by atoms with Gasteiger partial charge < -0.3 is 9.80 Å². The average Bonchev–Trinajstić information content (AvgIpc) is 2.94. The number of anilines is 2. The first-order chi connectivity index (χ1) is 17.7. The number of allylic oxidation sites excluding steroid dienone is 1. The summed E-state index contributed by atoms with van der Waals surface area (Å²) >= 11 is 0. The normalized spacial score (nSPS) is 11.2. The topological polar surface area (TPSA) is 23.6 Å². The maximum absolute atomic E-state index is 11.5. The molecule has 0 heterocycles. The average molecular weight is 475 g/mol. The molecule has 4 rings (SSSR count). The van der Waals surface area contributed by atoms with Gasteiger partial charge in [-0.3, -0.25) is 4.79 Å². The van der Waals surface area contributed by atoms with E-state index in [-0.39, 0.29) is 0 Å². The highest BCUT2D eigenvalue weighted by molar-refractivity contribution is 5.90. The fourth-order valence-corrected chi connectivity index (χ4v) is 4.57. The van der Waals surface area contributed by atoms with E-state index in [0.29, 0.717) is 0 Å². The SMILES string of the molecule is CCN(CC)c1ccc(C(=CC=O)c2ccc(N(Cc3ccccc3)Cc3ccccc3)cc2)cc1. The summed E-state index contributed by atoms with van der Waals surface area (Å²) in [5.74, 6) is 0. The first-order valence-corrected chi connectivity index (χ1v) is 12.7. The Labute approximate surface area is 215 Å². The second kappa shape index (κ2) is 12.6. The van der Waals surface area contributed by atoms with Crippen LogP contribution in [-0.4, -0.2) is 19.4 Å². The fraction of sp³-hybridized carbons (Fsp3) is 0.182. The van der Waals surface area contributed by atoms with Gasteiger partial charge in [-0.1, -0.05) is 84.9 Å². The van der Waals surface area contributed by atoms with Crippen molar-refractivity contribution in [2.45, 2.75) is 26.9 Å². The van der Waals surface area contributed by atoms with E-state index in [4.69, 9.17) is 0 Å². The largest absolute Gasteiger partial charge is 0.372 e. The van der Waals surface area contributed by atoms with Crippen molar-refractivity contribution in [3.05, 3.63) is 138 Å². The second-order valence-electron chi connectivity index (χ2n) is 8.81. The van der Waals surface area contributed by atoms with Crippen LogP contribution < -0.4 is 9.80 Å². The molecule has 0 spiro atoms. The predicted octanol–water partition coefficient (Wildman–Crippen LogP) is 7.37. The third-order valence-electron chi connectivity index (χ3n) is 6.52. The van der Waals surface area contributed by atoms with Crippen molar-refractivity contribution in [2.75, 3.05) is 22.9 Å². The zero-order chi connectivity index (χ0) is 25.2. The Morgan fingerprint density at radius 2 is 1.00 bits per heavy atom. The molecule has 0 fully saturated rings. The highest BCUT2D eigenvalue weighted by Gasteiger charge is 2.11. The molecule has 3 heteroatoms. The smallest absolute Gasteiger partial charge is 0.143 e. The summed E-state index contributed by atoms with van der Waals surface area (Å²) in [7, 11) is 0. The molecule has 0 unspecified atom stereocenters. The summed E-state index contributed by atoms with van der Waals surface area (Å²) in [5.41, 5.74) is 7.88. The first kappa shape index (κ1) is 25.0. The minimum atomic E-state index is 0.818. The molecule has 4 aromatic carbocycles. The highest BCUT2D eigenvalue weighted by atomic mass is 16.1. The van der Waals surface area contributed by atoms with Gasteiger partial charge in [0, 0.05) is 37.6 Å². The molecule has 0 aliphatic carbocycles. The summed E-state index contributed by atoms with van der Waals surface area (Å²) < 4.78 is 0. The van der Waals surface area contributed by atoms with Gasteiger partial charge in [0.05, 0.1) is 0 Å². The maximum Gasteiger partial charge on any atom is 0.143 e. The van der Waals surface area contributed by atoms with E-state index < -0.39 is 0 Å². The molecular weight excluding hydrogens is 440 g/mol. The van der Waals surface area contributed by atoms with Crippen molar-refractivity contribution < 1.29 is 4.79 Å². The molecular formula is C33H34N2O. The third-order valence-corrected chi connectivity index (χ3v) is 6.52. The van der Waals surface area contributed by atoms with Crippen molar-refractivity contribution in [1.29, 1.82) is 0 Å². The molecule has 0 amide bonds. The Morgan fingerprint density at radius 3 is 1.39 bits per heavy atom. The fourth-order valence-electron chi connectivity index (χ4n) is 4.57. The molecule has 0 aromatic heterocycles. The van der Waals surface area contributed by atoms with Gasteiger partial charge >= 0.3 is 0 Å². The zero-order valence-electron chi connectivity index (χ0n) is 21.2. The Balaban J connectivity index is 1.60. The lowest BCUT2D eigenvalue weighted by Gasteiger charge is -2.26. The van der Waals surface area contributed by atoms with Crippen molar-refractivity contribution in [3.8, 4) is 0 Å². The van der Waals surface area contributed by atoms with Gasteiger partial charge in [-0.05, 0) is 72.0 Å². The van der Waals surface area contributed by atoms with Crippen molar-refractivity contribution in [1.82, 2.24) is 0 Å². The first-order valence-electron chi connectivity index (χ1n) is 12.7. The summed E-state index contributed by atoms with van der Waals surface area (Å²) in [4.78, 5) is 16.2. The van der Waals surface area contributed by atoms with Gasteiger partial charge in [0.2, 0.25) is 0 Å². The van der Waals surface area contributed by atoms with Crippen LogP contribution in [0.25, 0.3) is 5.57 Å². The van der Waals surface area contributed by atoms with E-state index in [1.165, 1.54) is 16.8 Å². The third kappa shape index (κ3) is 6.31. The van der Waals surface area contributed by atoms with Crippen LogP contribution in [-0.2, 0) is 17.9 Å². The van der Waals surface area contributed by atoms with Crippen LogP contribution in [0.3, 0.4) is 0 Å². The highest BCUT2D eigenvalue weighted by Crippen LogP contribution is 2.28. The van der Waals surface area contributed by atoms with Crippen LogP contribution in [0.1, 0.15) is 36.1 Å². The number of aldehydes is 1. The molecule has 0 radical (unpaired) electrons. The second-order valence-corrected chi connectivity index (χ2v) is 8.81. The van der Waals surface area contributed by atoms with Gasteiger partial charge in [-0.15, -0.1) is 0 Å². The minimum Gasteiger partial charge on any atom is -0.372 e. The van der Waals surface area contributed by atoms with Gasteiger partial charge in [0.15, 0.2) is 0 Å². The monoisotopic (exact) mass is 474 g/mol. The van der Waals surface area contributed by atoms with E-state index in [9.17, 15) is 4.79 Å². The molecule has 36 heavy (non-hydrogen) atoms. The van der Waals surface area contributed by atoms with E-state index >= 15 is 0 Å². The number of hydrogen-bond donors (Lipinski definition) is 0. The van der Waals surface area contributed by atoms with E-state index in [2.05, 4.69) is 133 Å². The van der Waals surface area contributed by atoms with Gasteiger partial charge in [0.25, 0.3) is 0 Å². The molecule has 0 saturated carbocycles. The van der Waals surface area contributed by atoms with Crippen molar-refractivity contribution >= 4 is 23.2 Å². The van der Waals surface area contributed by atoms with Crippen LogP contribution in [0.5, 0.6) is 0 Å². The Hall–Kier alpha value is -4.11. The lowest BCUT2D eigenvalue weighted by molar-refractivity contribution is -0.104. The Bertz CT molecular complexity index is 1200. The lowest BCUT2D eigenvalue weighted by Crippen LogP contribution is -2.22. The van der Waals surface area contributed by atoms with Crippen molar-refractivity contribution in [3.63, 3.8) is 0 Å². The standard InChI is InChI=1S/C33H34N2O/c1-3-34(4-2)31-19-15-29(16-20-31)33(23-24-36)30-17-21-32(22-18-30)35(25-27-11-7-5-8-12-27)26-28-13-9-6-10-14-28/h5-24H,3-4,25-26H2,1-2H3. The van der Waals surface area contributed by atoms with E-state index in [0.717, 1.165) is 54.9 Å². The Morgan fingerprint density at radius 1 is 0.583 bits per heavy atom. The quantitative estimate of drug-likeness (QED) is 0.167. The Kier molecular flexibility index (Phi) is 8.72. The summed E-state index contributed by atoms with van der Waals surface area (Å²) in [6.07, 6.45) is 2.53. The number of carbonyl (C=O) groups excluding carboxylic acids is 1. The van der Waals surface area contributed by atoms with Crippen LogP contribution in [0.2, 0.25) is 0 Å². The summed E-state index contributed by atoms with van der Waals surface area (Å²) in [5, 5.41) is 0. The molecule has 0 N–H and O–H groups in total. The van der Waals surface area contributed by atoms with E-state index in [1.54, 1.807) is 6.08 Å². The number of nitrogens with zero attached hydrogens (tertiary/aromatic N) is 2. The number of benzene rings is 4. The van der Waals surface area contributed by atoms with Gasteiger partial charge in [-0.2, -0.15) is 0 Å². The van der Waals surface area contributed by atoms with Crippen LogP contribution in [0, 0.1) is 0 Å². The van der Waals surface area contributed by atoms with Crippen LogP contribution in [0.15, 0.2) is 115 Å². The van der Waals surface area contributed by atoms with Crippen LogP contribution in [0.4, 0.5) is 11.4 Å². The maximum atomic E-state index is 11.5. The van der Waals surface area contributed by atoms with Gasteiger partial charge in [-0.25, -0.2) is 0 Å². The molecule has 0 saturated heterocycles. The number of rotatable bonds is 11. The van der Waals surface area contributed by atoms with E-state index in [1.807, 2.05) is 0 Å². The minimum absolute atomic E-state index is 0.818. The molecule has 3 nitrogen and oxygen atoms in total. The van der Waals surface area contributed by atoms with Crippen LogP contribution >= 0.6 is 0 Å². The summed E-state index contributed by atoms with van der Waals surface area (Å²) in [6, 6.07) is 38.1. The molecule has 182 valence electrons. The molecule has 0 aliphatic rings. The number of carbonyl (C=O) groups is 1. The van der Waals surface area contributed by atoms with Crippen molar-refractivity contribution in [2.24, 2.45) is 0 Å². The lowest BCUT2D eigenvalue weighted by atomic mass is 9.97. The molecule has 0 atom stereocenters. The predicted molar refractivity (Wildman–Crippen MR) is 152 cm³/mol. The van der Waals surface area contributed by atoms with Gasteiger partial charge in [0.1, 0.15) is 6.29 Å². The molecule has 0 bridgehead atoms. The zero-order valence-corrected chi connectivity index (χ0v) is 21.2. The molecule has 0 aliphatic heterocycles.